The van der Waals surface area contributed by atoms with Crippen molar-refractivity contribution in [3.8, 4) is 11.8 Å². The Labute approximate surface area is 190 Å². The van der Waals surface area contributed by atoms with E-state index in [9.17, 15) is 5.11 Å². The van der Waals surface area contributed by atoms with E-state index in [1.54, 1.807) is 6.20 Å². The Bertz CT molecular complexity index is 1020. The number of rotatable bonds is 5. The fourth-order valence-electron chi connectivity index (χ4n) is 3.64. The van der Waals surface area contributed by atoms with Crippen LogP contribution in [-0.4, -0.2) is 63.5 Å². The van der Waals surface area contributed by atoms with Crippen LogP contribution in [0.25, 0.3) is 0 Å². The van der Waals surface area contributed by atoms with Gasteiger partial charge in [0.1, 0.15) is 11.5 Å². The smallest absolute Gasteiger partial charge is 0.210 e. The van der Waals surface area contributed by atoms with Crippen molar-refractivity contribution in [2.75, 3.05) is 37.6 Å². The van der Waals surface area contributed by atoms with Crippen LogP contribution in [0.5, 0.6) is 0 Å². The van der Waals surface area contributed by atoms with E-state index in [-0.39, 0.29) is 6.10 Å². The van der Waals surface area contributed by atoms with Gasteiger partial charge in [0, 0.05) is 62.4 Å². The molecule has 3 aromatic rings. The predicted octanol–water partition coefficient (Wildman–Crippen LogP) is 3.16. The Balaban J connectivity index is 0.00000141. The van der Waals surface area contributed by atoms with Crippen LogP contribution in [0.3, 0.4) is 0 Å². The molecular weight excluding hydrogens is 402 g/mol. The standard InChI is InChI=1S/C23H27N5O2.C2H6/c1-18(29)16-26-11-13-27(14-12-26)22-6-3-20(4-7-22)5-8-23-15-21(25-30-23)17-28-10-9-24-19(28)2;1-2/h3-4,6-7,9-10,15,18,29H,11-14,16-17H2,1-2H3;1-2H3. The molecule has 32 heavy (non-hydrogen) atoms. The van der Waals surface area contributed by atoms with Crippen LogP contribution in [0.4, 0.5) is 5.69 Å². The van der Waals surface area contributed by atoms with Gasteiger partial charge in [-0.2, -0.15) is 0 Å². The van der Waals surface area contributed by atoms with Gasteiger partial charge in [-0.25, -0.2) is 4.98 Å². The van der Waals surface area contributed by atoms with Gasteiger partial charge in [0.15, 0.2) is 0 Å². The molecule has 0 radical (unpaired) electrons. The summed E-state index contributed by atoms with van der Waals surface area (Å²) in [6.07, 6.45) is 3.42. The molecule has 2 aromatic heterocycles. The summed E-state index contributed by atoms with van der Waals surface area (Å²) >= 11 is 0. The van der Waals surface area contributed by atoms with Crippen molar-refractivity contribution in [2.45, 2.75) is 40.3 Å². The first-order valence-electron chi connectivity index (χ1n) is 11.3. The first-order valence-corrected chi connectivity index (χ1v) is 11.3. The maximum Gasteiger partial charge on any atom is 0.210 e. The van der Waals surface area contributed by atoms with Crippen molar-refractivity contribution in [1.82, 2.24) is 19.6 Å². The number of aliphatic hydroxyl groups excluding tert-OH is 1. The summed E-state index contributed by atoms with van der Waals surface area (Å²) in [5.74, 6) is 7.69. The number of hydrogen-bond donors (Lipinski definition) is 1. The summed E-state index contributed by atoms with van der Waals surface area (Å²) in [6, 6.07) is 10.2. The monoisotopic (exact) mass is 435 g/mol. The van der Waals surface area contributed by atoms with E-state index in [0.717, 1.165) is 49.8 Å². The number of anilines is 1. The highest BCUT2D eigenvalue weighted by Crippen LogP contribution is 2.17. The number of nitrogens with zero attached hydrogens (tertiary/aromatic N) is 5. The fourth-order valence-corrected chi connectivity index (χ4v) is 3.64. The van der Waals surface area contributed by atoms with E-state index in [1.807, 2.05) is 56.7 Å². The third-order valence-corrected chi connectivity index (χ3v) is 5.27. The summed E-state index contributed by atoms with van der Waals surface area (Å²) in [4.78, 5) is 8.89. The molecule has 7 nitrogen and oxygen atoms in total. The van der Waals surface area contributed by atoms with Crippen molar-refractivity contribution in [3.05, 3.63) is 65.6 Å². The minimum Gasteiger partial charge on any atom is -0.392 e. The molecule has 1 N–H and O–H groups in total. The van der Waals surface area contributed by atoms with Crippen LogP contribution < -0.4 is 4.90 Å². The van der Waals surface area contributed by atoms with Gasteiger partial charge in [-0.1, -0.05) is 24.9 Å². The Kier molecular flexibility index (Phi) is 8.48. The molecule has 0 amide bonds. The number of aliphatic hydroxyl groups is 1. The largest absolute Gasteiger partial charge is 0.392 e. The molecule has 1 saturated heterocycles. The van der Waals surface area contributed by atoms with Gasteiger partial charge in [0.05, 0.1) is 12.6 Å². The van der Waals surface area contributed by atoms with Crippen molar-refractivity contribution >= 4 is 5.69 Å². The Morgan fingerprint density at radius 3 is 2.44 bits per heavy atom. The van der Waals surface area contributed by atoms with Gasteiger partial charge >= 0.3 is 0 Å². The van der Waals surface area contributed by atoms with E-state index in [4.69, 9.17) is 4.52 Å². The van der Waals surface area contributed by atoms with Crippen LogP contribution in [0.2, 0.25) is 0 Å². The van der Waals surface area contributed by atoms with Gasteiger partial charge < -0.3 is 19.1 Å². The zero-order valence-electron chi connectivity index (χ0n) is 19.5. The van der Waals surface area contributed by atoms with Crippen molar-refractivity contribution < 1.29 is 9.63 Å². The van der Waals surface area contributed by atoms with E-state index < -0.39 is 0 Å². The van der Waals surface area contributed by atoms with Crippen LogP contribution in [0, 0.1) is 18.8 Å². The van der Waals surface area contributed by atoms with Gasteiger partial charge in [-0.3, -0.25) is 4.90 Å². The second-order valence-corrected chi connectivity index (χ2v) is 7.72. The normalized spacial score (nSPS) is 14.8. The number of hydrogen-bond acceptors (Lipinski definition) is 6. The maximum atomic E-state index is 9.54. The number of imidazole rings is 1. The van der Waals surface area contributed by atoms with Crippen LogP contribution >= 0.6 is 0 Å². The van der Waals surface area contributed by atoms with Gasteiger partial charge in [0.2, 0.25) is 5.76 Å². The second-order valence-electron chi connectivity index (χ2n) is 7.72. The second kappa shape index (κ2) is 11.5. The zero-order chi connectivity index (χ0) is 22.9. The average molecular weight is 436 g/mol. The summed E-state index contributed by atoms with van der Waals surface area (Å²) in [5.41, 5.74) is 2.97. The van der Waals surface area contributed by atoms with E-state index >= 15 is 0 Å². The highest BCUT2D eigenvalue weighted by atomic mass is 16.5. The lowest BCUT2D eigenvalue weighted by Crippen LogP contribution is -2.48. The molecule has 7 heteroatoms. The summed E-state index contributed by atoms with van der Waals surface area (Å²) < 4.78 is 7.36. The van der Waals surface area contributed by atoms with Crippen LogP contribution in [-0.2, 0) is 6.54 Å². The molecule has 1 aliphatic rings. The van der Waals surface area contributed by atoms with E-state index in [1.165, 1.54) is 5.69 Å². The molecule has 3 heterocycles. The third-order valence-electron chi connectivity index (χ3n) is 5.27. The molecule has 170 valence electrons. The molecule has 0 aliphatic carbocycles. The van der Waals surface area contributed by atoms with Crippen LogP contribution in [0.1, 0.15) is 43.6 Å². The molecule has 0 bridgehead atoms. The summed E-state index contributed by atoms with van der Waals surface area (Å²) in [5, 5.41) is 13.6. The van der Waals surface area contributed by atoms with Gasteiger partial charge in [-0.15, -0.1) is 0 Å². The topological polar surface area (TPSA) is 70.6 Å². The Morgan fingerprint density at radius 1 is 1.09 bits per heavy atom. The lowest BCUT2D eigenvalue weighted by Gasteiger charge is -2.36. The molecule has 1 aromatic carbocycles. The fraction of sp³-hybridized carbons (Fsp3) is 0.440. The van der Waals surface area contributed by atoms with Gasteiger partial charge in [-0.05, 0) is 44.0 Å². The first kappa shape index (κ1) is 23.6. The quantitative estimate of drug-likeness (QED) is 0.621. The average Bonchev–Trinajstić information content (AvgIpc) is 3.43. The Hall–Kier alpha value is -3.08. The van der Waals surface area contributed by atoms with Crippen molar-refractivity contribution in [1.29, 1.82) is 0 Å². The number of piperazine rings is 1. The SMILES string of the molecule is CC.Cc1nccn1Cc1cc(C#Cc2ccc(N3CCN(CC(C)O)CC3)cc2)on1. The number of β-amino-alcohol motifs (C(OH)–C–C–N with tert-alkyl or cyclic N) is 1. The summed E-state index contributed by atoms with van der Waals surface area (Å²) in [7, 11) is 0. The van der Waals surface area contributed by atoms with E-state index in [2.05, 4.69) is 43.9 Å². The molecule has 1 atom stereocenters. The first-order chi connectivity index (χ1) is 15.6. The zero-order valence-corrected chi connectivity index (χ0v) is 19.5. The van der Waals surface area contributed by atoms with Crippen molar-refractivity contribution in [3.63, 3.8) is 0 Å². The van der Waals surface area contributed by atoms with Crippen molar-refractivity contribution in [2.24, 2.45) is 0 Å². The minimum absolute atomic E-state index is 0.273. The molecule has 1 unspecified atom stereocenters. The molecule has 1 aliphatic heterocycles. The molecule has 4 rings (SSSR count). The summed E-state index contributed by atoms with van der Waals surface area (Å²) in [6.45, 7) is 13.0. The number of aromatic nitrogens is 3. The lowest BCUT2D eigenvalue weighted by atomic mass is 10.1. The highest BCUT2D eigenvalue weighted by molar-refractivity contribution is 5.51. The molecule has 0 spiro atoms. The molecule has 0 saturated carbocycles. The van der Waals surface area contributed by atoms with Crippen LogP contribution in [0.15, 0.2) is 47.2 Å². The maximum absolute atomic E-state index is 9.54. The molecular formula is C25H33N5O2. The third kappa shape index (κ3) is 6.46. The van der Waals surface area contributed by atoms with E-state index in [0.29, 0.717) is 12.3 Å². The molecule has 1 fully saturated rings. The lowest BCUT2D eigenvalue weighted by molar-refractivity contribution is 0.123. The van der Waals surface area contributed by atoms with Gasteiger partial charge in [0.25, 0.3) is 0 Å². The minimum atomic E-state index is -0.273. The predicted molar refractivity (Wildman–Crippen MR) is 127 cm³/mol. The highest BCUT2D eigenvalue weighted by Gasteiger charge is 2.18. The number of benzene rings is 1. The Morgan fingerprint density at radius 2 is 1.81 bits per heavy atom. The number of aryl methyl sites for hydroxylation is 1.